The van der Waals surface area contributed by atoms with Crippen molar-refractivity contribution in [3.63, 3.8) is 0 Å². The summed E-state index contributed by atoms with van der Waals surface area (Å²) < 4.78 is 5.31. The highest BCUT2D eigenvalue weighted by Gasteiger charge is 2.10. The molecule has 0 radical (unpaired) electrons. The van der Waals surface area contributed by atoms with Crippen molar-refractivity contribution in [1.29, 1.82) is 0 Å². The highest BCUT2D eigenvalue weighted by Crippen LogP contribution is 2.27. The van der Waals surface area contributed by atoms with E-state index in [1.165, 1.54) is 13.0 Å². The highest BCUT2D eigenvalue weighted by atomic mass is 16.3. The molecule has 1 heterocycles. The third kappa shape index (κ3) is 1.27. The third-order valence-electron chi connectivity index (χ3n) is 2.14. The monoisotopic (exact) mass is 190 g/mol. The summed E-state index contributed by atoms with van der Waals surface area (Å²) in [6.45, 7) is 3.25. The first-order valence-corrected chi connectivity index (χ1v) is 4.32. The molecule has 0 atom stereocenters. The van der Waals surface area contributed by atoms with Gasteiger partial charge in [0, 0.05) is 11.5 Å². The lowest BCUT2D eigenvalue weighted by molar-refractivity contribution is 0.101. The standard InChI is InChI=1S/C11H10O3/c1-6-3-8-4-9(7(2)12)10(13)5-11(8)14-6/h3-5,13H,1-2H3. The van der Waals surface area contributed by atoms with Crippen LogP contribution in [0, 0.1) is 6.92 Å². The first-order valence-electron chi connectivity index (χ1n) is 4.32. The van der Waals surface area contributed by atoms with Crippen LogP contribution in [0.3, 0.4) is 0 Å². The Balaban J connectivity index is 2.76. The van der Waals surface area contributed by atoms with Crippen molar-refractivity contribution in [3.05, 3.63) is 29.5 Å². The number of phenolic OH excluding ortho intramolecular Hbond substituents is 1. The lowest BCUT2D eigenvalue weighted by atomic mass is 10.1. The number of rotatable bonds is 1. The Kier molecular flexibility index (Phi) is 1.81. The topological polar surface area (TPSA) is 50.4 Å². The van der Waals surface area contributed by atoms with Crippen LogP contribution in [0.5, 0.6) is 5.75 Å². The van der Waals surface area contributed by atoms with Gasteiger partial charge in [0.15, 0.2) is 5.78 Å². The molecule has 0 saturated carbocycles. The first kappa shape index (κ1) is 8.81. The van der Waals surface area contributed by atoms with E-state index in [0.717, 1.165) is 11.1 Å². The van der Waals surface area contributed by atoms with E-state index in [0.29, 0.717) is 11.1 Å². The number of ketones is 1. The van der Waals surface area contributed by atoms with Crippen molar-refractivity contribution in [2.75, 3.05) is 0 Å². The molecule has 1 N–H and O–H groups in total. The fourth-order valence-electron chi connectivity index (χ4n) is 1.49. The highest BCUT2D eigenvalue weighted by molar-refractivity contribution is 6.00. The molecule has 2 aromatic rings. The second kappa shape index (κ2) is 2.87. The van der Waals surface area contributed by atoms with E-state index in [9.17, 15) is 9.90 Å². The van der Waals surface area contributed by atoms with E-state index in [1.54, 1.807) is 6.07 Å². The van der Waals surface area contributed by atoms with E-state index in [4.69, 9.17) is 4.42 Å². The van der Waals surface area contributed by atoms with Crippen molar-refractivity contribution in [2.24, 2.45) is 0 Å². The van der Waals surface area contributed by atoms with Gasteiger partial charge < -0.3 is 9.52 Å². The predicted octanol–water partition coefficient (Wildman–Crippen LogP) is 2.65. The van der Waals surface area contributed by atoms with Gasteiger partial charge in [0.2, 0.25) is 0 Å². The molecule has 14 heavy (non-hydrogen) atoms. The van der Waals surface area contributed by atoms with E-state index in [1.807, 2.05) is 13.0 Å². The first-order chi connectivity index (χ1) is 6.58. The van der Waals surface area contributed by atoms with Crippen molar-refractivity contribution >= 4 is 16.8 Å². The number of hydrogen-bond donors (Lipinski definition) is 1. The molecule has 0 bridgehead atoms. The molecule has 1 aromatic heterocycles. The van der Waals surface area contributed by atoms with E-state index in [-0.39, 0.29) is 11.5 Å². The number of phenols is 1. The van der Waals surface area contributed by atoms with Gasteiger partial charge in [-0.25, -0.2) is 0 Å². The number of Topliss-reactive ketones (excluding diaryl/α,β-unsaturated/α-hetero) is 1. The zero-order chi connectivity index (χ0) is 10.3. The van der Waals surface area contributed by atoms with Gasteiger partial charge >= 0.3 is 0 Å². The summed E-state index contributed by atoms with van der Waals surface area (Å²) in [6, 6.07) is 4.95. The van der Waals surface area contributed by atoms with Gasteiger partial charge in [0.05, 0.1) is 5.56 Å². The van der Waals surface area contributed by atoms with Gasteiger partial charge in [-0.3, -0.25) is 4.79 Å². The van der Waals surface area contributed by atoms with Crippen LogP contribution in [0.4, 0.5) is 0 Å². The molecule has 0 aliphatic heterocycles. The molecule has 2 rings (SSSR count). The number of aromatic hydroxyl groups is 1. The zero-order valence-corrected chi connectivity index (χ0v) is 8.00. The van der Waals surface area contributed by atoms with Crippen LogP contribution in [0.25, 0.3) is 11.0 Å². The minimum atomic E-state index is -0.150. The van der Waals surface area contributed by atoms with Crippen LogP contribution < -0.4 is 0 Å². The molecule has 0 amide bonds. The Hall–Kier alpha value is -1.77. The Morgan fingerprint density at radius 1 is 1.36 bits per heavy atom. The summed E-state index contributed by atoms with van der Waals surface area (Å²) >= 11 is 0. The Morgan fingerprint density at radius 3 is 2.71 bits per heavy atom. The molecular weight excluding hydrogens is 180 g/mol. The summed E-state index contributed by atoms with van der Waals surface area (Å²) in [5.41, 5.74) is 0.934. The SMILES string of the molecule is CC(=O)c1cc2cc(C)oc2cc1O. The molecule has 0 fully saturated rings. The third-order valence-corrected chi connectivity index (χ3v) is 2.14. The number of fused-ring (bicyclic) bond motifs is 1. The fraction of sp³-hybridized carbons (Fsp3) is 0.182. The molecule has 0 aliphatic carbocycles. The average molecular weight is 190 g/mol. The van der Waals surface area contributed by atoms with Gasteiger partial charge in [-0.05, 0) is 26.0 Å². The minimum absolute atomic E-state index is 0.0284. The molecule has 0 aliphatic rings. The lowest BCUT2D eigenvalue weighted by Gasteiger charge is -1.99. The number of carbonyl (C=O) groups is 1. The minimum Gasteiger partial charge on any atom is -0.507 e. The summed E-state index contributed by atoms with van der Waals surface area (Å²) in [6.07, 6.45) is 0. The number of aryl methyl sites for hydroxylation is 1. The van der Waals surface area contributed by atoms with Crippen molar-refractivity contribution < 1.29 is 14.3 Å². The molecule has 72 valence electrons. The van der Waals surface area contributed by atoms with Crippen LogP contribution in [-0.2, 0) is 0 Å². The largest absolute Gasteiger partial charge is 0.507 e. The fourth-order valence-corrected chi connectivity index (χ4v) is 1.49. The van der Waals surface area contributed by atoms with Crippen LogP contribution >= 0.6 is 0 Å². The number of benzene rings is 1. The van der Waals surface area contributed by atoms with Gasteiger partial charge in [-0.2, -0.15) is 0 Å². The van der Waals surface area contributed by atoms with E-state index >= 15 is 0 Å². The smallest absolute Gasteiger partial charge is 0.163 e. The maximum Gasteiger partial charge on any atom is 0.163 e. The quantitative estimate of drug-likeness (QED) is 0.703. The molecule has 0 spiro atoms. The molecule has 3 heteroatoms. The van der Waals surface area contributed by atoms with Crippen molar-refractivity contribution in [3.8, 4) is 5.75 Å². The molecule has 0 unspecified atom stereocenters. The summed E-state index contributed by atoms with van der Waals surface area (Å²) in [5, 5.41) is 10.3. The van der Waals surface area contributed by atoms with Crippen LogP contribution in [-0.4, -0.2) is 10.9 Å². The van der Waals surface area contributed by atoms with Crippen LogP contribution in [0.2, 0.25) is 0 Å². The molecular formula is C11H10O3. The zero-order valence-electron chi connectivity index (χ0n) is 8.00. The normalized spacial score (nSPS) is 10.7. The summed E-state index contributed by atoms with van der Waals surface area (Å²) in [7, 11) is 0. The molecule has 0 saturated heterocycles. The number of furan rings is 1. The van der Waals surface area contributed by atoms with Gasteiger partial charge in [-0.15, -0.1) is 0 Å². The predicted molar refractivity (Wildman–Crippen MR) is 52.6 cm³/mol. The Labute approximate surface area is 81.0 Å². The molecule has 3 nitrogen and oxygen atoms in total. The Morgan fingerprint density at radius 2 is 2.07 bits per heavy atom. The second-order valence-electron chi connectivity index (χ2n) is 3.32. The Bertz CT molecular complexity index is 508. The maximum absolute atomic E-state index is 11.1. The van der Waals surface area contributed by atoms with Crippen molar-refractivity contribution in [2.45, 2.75) is 13.8 Å². The van der Waals surface area contributed by atoms with Gasteiger partial charge in [-0.1, -0.05) is 0 Å². The second-order valence-corrected chi connectivity index (χ2v) is 3.32. The summed E-state index contributed by atoms with van der Waals surface area (Å²) in [5.74, 6) is 0.586. The van der Waals surface area contributed by atoms with Gasteiger partial charge in [0.25, 0.3) is 0 Å². The average Bonchev–Trinajstić information content (AvgIpc) is 2.42. The van der Waals surface area contributed by atoms with Crippen LogP contribution in [0.15, 0.2) is 22.6 Å². The van der Waals surface area contributed by atoms with Crippen molar-refractivity contribution in [1.82, 2.24) is 0 Å². The van der Waals surface area contributed by atoms with E-state index in [2.05, 4.69) is 0 Å². The molecule has 1 aromatic carbocycles. The maximum atomic E-state index is 11.1. The summed E-state index contributed by atoms with van der Waals surface area (Å²) in [4.78, 5) is 11.1. The van der Waals surface area contributed by atoms with Crippen LogP contribution in [0.1, 0.15) is 23.0 Å². The number of hydrogen-bond acceptors (Lipinski definition) is 3. The van der Waals surface area contributed by atoms with Gasteiger partial charge in [0.1, 0.15) is 17.1 Å². The van der Waals surface area contributed by atoms with E-state index < -0.39 is 0 Å². The lowest BCUT2D eigenvalue weighted by Crippen LogP contribution is -1.91. The number of carbonyl (C=O) groups excluding carboxylic acids is 1.